The van der Waals surface area contributed by atoms with Crippen LogP contribution in [0.4, 0.5) is 0 Å². The Morgan fingerprint density at radius 2 is 1.72 bits per heavy atom. The summed E-state index contributed by atoms with van der Waals surface area (Å²) in [6.07, 6.45) is 0. The molecule has 0 N–H and O–H groups in total. The summed E-state index contributed by atoms with van der Waals surface area (Å²) >= 11 is 1.55. The molecule has 1 aliphatic heterocycles. The lowest BCUT2D eigenvalue weighted by atomic mass is 10.0. The fourth-order valence-electron chi connectivity index (χ4n) is 4.31. The second-order valence-corrected chi connectivity index (χ2v) is 9.70. The molecule has 0 unspecified atom stereocenters. The molecule has 8 heteroatoms. The molecule has 6 rings (SSSR count). The van der Waals surface area contributed by atoms with Gasteiger partial charge in [-0.15, -0.1) is 10.2 Å². The van der Waals surface area contributed by atoms with Crippen molar-refractivity contribution >= 4 is 22.7 Å². The normalized spacial score (nSPS) is 12.4. The smallest absolute Gasteiger partial charge is 0.336 e. The maximum absolute atomic E-state index is 12.3. The molecule has 0 atom stereocenters. The molecule has 0 aliphatic carbocycles. The maximum atomic E-state index is 12.3. The number of ether oxygens (including phenoxy) is 2. The number of benzene rings is 3. The molecule has 2 aromatic heterocycles. The van der Waals surface area contributed by atoms with E-state index in [2.05, 4.69) is 27.8 Å². The number of fused-ring (bicyclic) bond motifs is 2. The molecular formula is C28H23N3O4S. The van der Waals surface area contributed by atoms with Crippen molar-refractivity contribution < 1.29 is 13.9 Å². The van der Waals surface area contributed by atoms with E-state index in [1.54, 1.807) is 17.8 Å². The SMILES string of the molecule is Cc1cc2oc(=O)cc(CSc3nnc(-c4ccccc4)n3Cc3ccc4c(c3)OCO4)c2cc1C. The highest BCUT2D eigenvalue weighted by Gasteiger charge is 2.18. The number of nitrogens with zero attached hydrogens (tertiary/aromatic N) is 3. The monoisotopic (exact) mass is 497 g/mol. The van der Waals surface area contributed by atoms with Crippen LogP contribution in [0.5, 0.6) is 11.5 Å². The highest BCUT2D eigenvalue weighted by Crippen LogP contribution is 2.34. The molecule has 0 amide bonds. The molecule has 0 saturated carbocycles. The van der Waals surface area contributed by atoms with E-state index >= 15 is 0 Å². The van der Waals surface area contributed by atoms with Crippen LogP contribution in [0.1, 0.15) is 22.3 Å². The quantitative estimate of drug-likeness (QED) is 0.219. The van der Waals surface area contributed by atoms with Gasteiger partial charge in [0.2, 0.25) is 6.79 Å². The van der Waals surface area contributed by atoms with E-state index in [0.717, 1.165) is 55.7 Å². The number of thioether (sulfide) groups is 1. The van der Waals surface area contributed by atoms with Gasteiger partial charge >= 0.3 is 5.63 Å². The van der Waals surface area contributed by atoms with E-state index in [1.807, 2.05) is 61.5 Å². The molecule has 0 spiro atoms. The van der Waals surface area contributed by atoms with Crippen molar-refractivity contribution in [2.24, 2.45) is 0 Å². The lowest BCUT2D eigenvalue weighted by molar-refractivity contribution is 0.174. The van der Waals surface area contributed by atoms with Gasteiger partial charge in [0.05, 0.1) is 6.54 Å². The van der Waals surface area contributed by atoms with Crippen molar-refractivity contribution in [3.05, 3.63) is 99.4 Å². The van der Waals surface area contributed by atoms with E-state index in [4.69, 9.17) is 13.9 Å². The first kappa shape index (κ1) is 22.4. The maximum Gasteiger partial charge on any atom is 0.336 e. The Morgan fingerprint density at radius 1 is 0.917 bits per heavy atom. The Labute approximate surface area is 211 Å². The summed E-state index contributed by atoms with van der Waals surface area (Å²) < 4.78 is 18.6. The van der Waals surface area contributed by atoms with Gasteiger partial charge in [0.15, 0.2) is 22.5 Å². The topological polar surface area (TPSA) is 79.4 Å². The second-order valence-electron chi connectivity index (χ2n) is 8.76. The van der Waals surface area contributed by atoms with Gasteiger partial charge in [-0.05, 0) is 60.4 Å². The molecule has 0 fully saturated rings. The molecule has 1 aliphatic rings. The average Bonchev–Trinajstić information content (AvgIpc) is 3.51. The van der Waals surface area contributed by atoms with Gasteiger partial charge in [0.25, 0.3) is 0 Å². The summed E-state index contributed by atoms with van der Waals surface area (Å²) in [4.78, 5) is 12.3. The Morgan fingerprint density at radius 3 is 2.58 bits per heavy atom. The van der Waals surface area contributed by atoms with Crippen LogP contribution in [0.25, 0.3) is 22.4 Å². The summed E-state index contributed by atoms with van der Waals surface area (Å²) in [6, 6.07) is 21.5. The van der Waals surface area contributed by atoms with Gasteiger partial charge in [-0.3, -0.25) is 4.57 Å². The van der Waals surface area contributed by atoms with Crippen molar-refractivity contribution in [2.75, 3.05) is 6.79 Å². The van der Waals surface area contributed by atoms with Gasteiger partial charge in [0.1, 0.15) is 5.58 Å². The Bertz CT molecular complexity index is 1640. The molecule has 5 aromatic rings. The lowest BCUT2D eigenvalue weighted by Gasteiger charge is -2.12. The molecule has 0 saturated heterocycles. The first-order valence-corrected chi connectivity index (χ1v) is 12.6. The average molecular weight is 498 g/mol. The molecule has 180 valence electrons. The minimum absolute atomic E-state index is 0.236. The zero-order valence-corrected chi connectivity index (χ0v) is 20.7. The van der Waals surface area contributed by atoms with E-state index in [1.165, 1.54) is 0 Å². The predicted octanol–water partition coefficient (Wildman–Crippen LogP) is 5.74. The molecule has 3 aromatic carbocycles. The molecule has 7 nitrogen and oxygen atoms in total. The van der Waals surface area contributed by atoms with Crippen molar-refractivity contribution in [1.29, 1.82) is 0 Å². The Kier molecular flexibility index (Phi) is 5.73. The summed E-state index contributed by atoms with van der Waals surface area (Å²) in [5.74, 6) is 2.82. The van der Waals surface area contributed by atoms with Crippen LogP contribution >= 0.6 is 11.8 Å². The first-order valence-electron chi connectivity index (χ1n) is 11.6. The van der Waals surface area contributed by atoms with E-state index in [-0.39, 0.29) is 12.4 Å². The highest BCUT2D eigenvalue weighted by atomic mass is 32.2. The number of hydrogen-bond acceptors (Lipinski definition) is 7. The van der Waals surface area contributed by atoms with Crippen molar-refractivity contribution in [3.63, 3.8) is 0 Å². The van der Waals surface area contributed by atoms with Gasteiger partial charge in [-0.25, -0.2) is 4.79 Å². The standard InChI is InChI=1S/C28H23N3O4S/c1-17-10-22-21(13-26(32)35-24(22)11-18(17)2)15-36-28-30-29-27(20-6-4-3-5-7-20)31(28)14-19-8-9-23-25(12-19)34-16-33-23/h3-13H,14-16H2,1-2H3. The zero-order valence-electron chi connectivity index (χ0n) is 19.9. The van der Waals surface area contributed by atoms with Gasteiger partial charge in [-0.2, -0.15) is 0 Å². The molecule has 36 heavy (non-hydrogen) atoms. The largest absolute Gasteiger partial charge is 0.454 e. The van der Waals surface area contributed by atoms with Gasteiger partial charge in [-0.1, -0.05) is 48.2 Å². The third-order valence-corrected chi connectivity index (χ3v) is 7.34. The summed E-state index contributed by atoms with van der Waals surface area (Å²) in [5.41, 5.74) is 5.44. The van der Waals surface area contributed by atoms with Crippen LogP contribution in [0.3, 0.4) is 0 Å². The van der Waals surface area contributed by atoms with E-state index in [9.17, 15) is 4.79 Å². The van der Waals surface area contributed by atoms with E-state index in [0.29, 0.717) is 17.9 Å². The van der Waals surface area contributed by atoms with Crippen LogP contribution in [0, 0.1) is 13.8 Å². The van der Waals surface area contributed by atoms with Crippen LogP contribution in [-0.2, 0) is 12.3 Å². The first-order chi connectivity index (χ1) is 17.5. The Hall–Kier alpha value is -4.04. The fraction of sp³-hybridized carbons (Fsp3) is 0.179. The summed E-state index contributed by atoms with van der Waals surface area (Å²) in [7, 11) is 0. The van der Waals surface area contributed by atoms with Crippen LogP contribution < -0.4 is 15.1 Å². The summed E-state index contributed by atoms with van der Waals surface area (Å²) in [5, 5.41) is 10.8. The minimum atomic E-state index is -0.354. The lowest BCUT2D eigenvalue weighted by Crippen LogP contribution is -2.05. The predicted molar refractivity (Wildman–Crippen MR) is 139 cm³/mol. The minimum Gasteiger partial charge on any atom is -0.454 e. The second kappa shape index (κ2) is 9.20. The van der Waals surface area contributed by atoms with Crippen LogP contribution in [0.2, 0.25) is 0 Å². The summed E-state index contributed by atoms with van der Waals surface area (Å²) in [6.45, 7) is 4.87. The van der Waals surface area contributed by atoms with Crippen LogP contribution in [-0.4, -0.2) is 21.6 Å². The van der Waals surface area contributed by atoms with Crippen molar-refractivity contribution in [1.82, 2.24) is 14.8 Å². The highest BCUT2D eigenvalue weighted by molar-refractivity contribution is 7.98. The number of rotatable bonds is 6. The molecular weight excluding hydrogens is 474 g/mol. The van der Waals surface area contributed by atoms with Gasteiger partial charge < -0.3 is 13.9 Å². The number of aromatic nitrogens is 3. The third-order valence-electron chi connectivity index (χ3n) is 6.33. The molecule has 0 bridgehead atoms. The zero-order chi connectivity index (χ0) is 24.6. The number of aryl methyl sites for hydroxylation is 2. The fourth-order valence-corrected chi connectivity index (χ4v) is 5.23. The molecule has 3 heterocycles. The van der Waals surface area contributed by atoms with Gasteiger partial charge in [0, 0.05) is 22.8 Å². The number of hydrogen-bond donors (Lipinski definition) is 0. The van der Waals surface area contributed by atoms with Crippen molar-refractivity contribution in [2.45, 2.75) is 31.3 Å². The van der Waals surface area contributed by atoms with Crippen molar-refractivity contribution in [3.8, 4) is 22.9 Å². The van der Waals surface area contributed by atoms with Crippen LogP contribution in [0.15, 0.2) is 81.1 Å². The van der Waals surface area contributed by atoms with E-state index < -0.39 is 0 Å². The third kappa shape index (κ3) is 4.24. The molecule has 0 radical (unpaired) electrons. The Balaban J connectivity index is 1.37.